The molecule has 3 N–H and O–H groups in total. The maximum absolute atomic E-state index is 12.6. The Hall–Kier alpha value is -2.32. The number of nitrogens with one attached hydrogen (secondary N) is 1. The molecule has 0 aliphatic rings. The summed E-state index contributed by atoms with van der Waals surface area (Å²) >= 11 is 0. The van der Waals surface area contributed by atoms with Crippen molar-refractivity contribution in [3.8, 4) is 0 Å². The number of rotatable bonds is 4. The molecule has 0 saturated carbocycles. The molecule has 0 atom stereocenters. The van der Waals surface area contributed by atoms with Crippen LogP contribution in [-0.4, -0.2) is 19.3 Å². The number of nitrogens with zero attached hydrogens (tertiary/aromatic N) is 1. The van der Waals surface area contributed by atoms with E-state index >= 15 is 0 Å². The summed E-state index contributed by atoms with van der Waals surface area (Å²) in [5, 5.41) is 7.59. The minimum Gasteiger partial charge on any atom is -0.348 e. The van der Waals surface area contributed by atoms with Crippen LogP contribution in [0.25, 0.3) is 0 Å². The highest BCUT2D eigenvalue weighted by Gasteiger charge is 2.08. The number of aromatic nitrogens is 1. The average molecular weight is 309 g/mol. The van der Waals surface area contributed by atoms with Gasteiger partial charge in [0.05, 0.1) is 10.5 Å². The number of pyridine rings is 1. The van der Waals surface area contributed by atoms with Gasteiger partial charge >= 0.3 is 0 Å². The highest BCUT2D eigenvalue weighted by atomic mass is 32.2. The SMILES string of the molecule is NS(=O)(=O)c1ccc(CNC(=O)c2ccc(F)nc2)cc1. The molecule has 6 nitrogen and oxygen atoms in total. The standard InChI is InChI=1S/C13H12FN3O3S/c14-12-6-3-10(8-16-12)13(18)17-7-9-1-4-11(5-2-9)21(15,19)20/h1-6,8H,7H2,(H,17,18)(H2,15,19,20). The Labute approximate surface area is 120 Å². The fourth-order valence-corrected chi connectivity index (χ4v) is 2.11. The van der Waals surface area contributed by atoms with Gasteiger partial charge in [-0.1, -0.05) is 12.1 Å². The first kappa shape index (κ1) is 15.1. The smallest absolute Gasteiger partial charge is 0.253 e. The Morgan fingerprint density at radius 3 is 2.38 bits per heavy atom. The molecular weight excluding hydrogens is 297 g/mol. The Morgan fingerprint density at radius 1 is 1.19 bits per heavy atom. The van der Waals surface area contributed by atoms with E-state index in [1.807, 2.05) is 0 Å². The molecular formula is C13H12FN3O3S. The van der Waals surface area contributed by atoms with Gasteiger partial charge in [0.1, 0.15) is 0 Å². The minimum atomic E-state index is -3.73. The number of hydrogen-bond acceptors (Lipinski definition) is 4. The van der Waals surface area contributed by atoms with Gasteiger partial charge in [-0.3, -0.25) is 4.79 Å². The van der Waals surface area contributed by atoms with Gasteiger partial charge in [0.2, 0.25) is 16.0 Å². The third-order valence-corrected chi connectivity index (χ3v) is 3.62. The number of nitrogens with two attached hydrogens (primary N) is 1. The van der Waals surface area contributed by atoms with Gasteiger partial charge in [0.25, 0.3) is 5.91 Å². The number of halogens is 1. The summed E-state index contributed by atoms with van der Waals surface area (Å²) in [4.78, 5) is 15.2. The van der Waals surface area contributed by atoms with E-state index in [1.54, 1.807) is 12.1 Å². The van der Waals surface area contributed by atoms with Gasteiger partial charge in [-0.2, -0.15) is 4.39 Å². The summed E-state index contributed by atoms with van der Waals surface area (Å²) in [6, 6.07) is 8.22. The van der Waals surface area contributed by atoms with Crippen LogP contribution in [0.3, 0.4) is 0 Å². The van der Waals surface area contributed by atoms with Crippen LogP contribution in [0, 0.1) is 5.95 Å². The zero-order valence-corrected chi connectivity index (χ0v) is 11.6. The lowest BCUT2D eigenvalue weighted by atomic mass is 10.2. The van der Waals surface area contributed by atoms with Crippen LogP contribution in [0.1, 0.15) is 15.9 Å². The molecule has 1 aromatic heterocycles. The lowest BCUT2D eigenvalue weighted by Crippen LogP contribution is -2.23. The first-order valence-corrected chi connectivity index (χ1v) is 7.42. The maximum atomic E-state index is 12.6. The number of sulfonamides is 1. The first-order valence-electron chi connectivity index (χ1n) is 5.88. The molecule has 8 heteroatoms. The molecule has 0 spiro atoms. The molecule has 110 valence electrons. The van der Waals surface area contributed by atoms with Crippen LogP contribution < -0.4 is 10.5 Å². The van der Waals surface area contributed by atoms with Gasteiger partial charge in [-0.25, -0.2) is 18.5 Å². The summed E-state index contributed by atoms with van der Waals surface area (Å²) in [6.45, 7) is 0.196. The van der Waals surface area contributed by atoms with Crippen molar-refractivity contribution in [3.63, 3.8) is 0 Å². The Balaban J connectivity index is 2.00. The molecule has 1 amide bonds. The average Bonchev–Trinajstić information content (AvgIpc) is 2.45. The second-order valence-electron chi connectivity index (χ2n) is 4.24. The number of benzene rings is 1. The number of primary sulfonamides is 1. The molecule has 1 heterocycles. The quantitative estimate of drug-likeness (QED) is 0.815. The molecule has 2 rings (SSSR count). The predicted octanol–water partition coefficient (Wildman–Crippen LogP) is 0.798. The van der Waals surface area contributed by atoms with E-state index in [0.29, 0.717) is 5.56 Å². The van der Waals surface area contributed by atoms with Crippen LogP contribution in [0.5, 0.6) is 0 Å². The summed E-state index contributed by atoms with van der Waals surface area (Å²) in [6.07, 6.45) is 1.13. The van der Waals surface area contributed by atoms with Gasteiger partial charge in [-0.15, -0.1) is 0 Å². The van der Waals surface area contributed by atoms with Crippen LogP contribution >= 0.6 is 0 Å². The van der Waals surface area contributed by atoms with E-state index in [4.69, 9.17) is 5.14 Å². The van der Waals surface area contributed by atoms with Crippen LogP contribution in [-0.2, 0) is 16.6 Å². The number of amides is 1. The van der Waals surface area contributed by atoms with Crippen molar-refractivity contribution in [3.05, 3.63) is 59.7 Å². The zero-order valence-electron chi connectivity index (χ0n) is 10.8. The van der Waals surface area contributed by atoms with E-state index in [9.17, 15) is 17.6 Å². The summed E-state index contributed by atoms with van der Waals surface area (Å²) in [5.41, 5.74) is 0.934. The molecule has 21 heavy (non-hydrogen) atoms. The van der Waals surface area contributed by atoms with Crippen LogP contribution in [0.4, 0.5) is 4.39 Å². The van der Waals surface area contributed by atoms with Crippen molar-refractivity contribution in [1.29, 1.82) is 0 Å². The van der Waals surface area contributed by atoms with Crippen molar-refractivity contribution < 1.29 is 17.6 Å². The van der Waals surface area contributed by atoms with Crippen molar-refractivity contribution >= 4 is 15.9 Å². The molecule has 1 aromatic carbocycles. The minimum absolute atomic E-state index is 0.000288. The third-order valence-electron chi connectivity index (χ3n) is 2.69. The highest BCUT2D eigenvalue weighted by molar-refractivity contribution is 7.89. The van der Waals surface area contributed by atoms with Gasteiger partial charge in [-0.05, 0) is 29.8 Å². The van der Waals surface area contributed by atoms with Crippen molar-refractivity contribution in [1.82, 2.24) is 10.3 Å². The van der Waals surface area contributed by atoms with Crippen molar-refractivity contribution in [2.24, 2.45) is 5.14 Å². The number of hydrogen-bond donors (Lipinski definition) is 2. The summed E-state index contributed by atoms with van der Waals surface area (Å²) in [5.74, 6) is -1.07. The molecule has 0 aliphatic heterocycles. The first-order chi connectivity index (χ1) is 9.86. The van der Waals surface area contributed by atoms with E-state index in [-0.39, 0.29) is 17.0 Å². The second kappa shape index (κ2) is 5.98. The topological polar surface area (TPSA) is 102 Å². The maximum Gasteiger partial charge on any atom is 0.253 e. The van der Waals surface area contributed by atoms with E-state index in [2.05, 4.69) is 10.3 Å². The van der Waals surface area contributed by atoms with E-state index in [0.717, 1.165) is 12.3 Å². The Morgan fingerprint density at radius 2 is 1.86 bits per heavy atom. The van der Waals surface area contributed by atoms with Gasteiger partial charge in [0, 0.05) is 12.7 Å². The Kier molecular flexibility index (Phi) is 4.29. The lowest BCUT2D eigenvalue weighted by molar-refractivity contribution is 0.0950. The second-order valence-corrected chi connectivity index (χ2v) is 5.80. The molecule has 0 fully saturated rings. The fraction of sp³-hybridized carbons (Fsp3) is 0.0769. The van der Waals surface area contributed by atoms with Crippen LogP contribution in [0.2, 0.25) is 0 Å². The molecule has 0 aliphatic carbocycles. The highest BCUT2D eigenvalue weighted by Crippen LogP contribution is 2.09. The molecule has 0 bridgehead atoms. The Bertz CT molecular complexity index is 743. The van der Waals surface area contributed by atoms with E-state index in [1.165, 1.54) is 18.2 Å². The van der Waals surface area contributed by atoms with Gasteiger partial charge < -0.3 is 5.32 Å². The predicted molar refractivity (Wildman–Crippen MR) is 73.2 cm³/mol. The monoisotopic (exact) mass is 309 g/mol. The lowest BCUT2D eigenvalue weighted by Gasteiger charge is -2.06. The van der Waals surface area contributed by atoms with Crippen molar-refractivity contribution in [2.75, 3.05) is 0 Å². The van der Waals surface area contributed by atoms with Crippen molar-refractivity contribution in [2.45, 2.75) is 11.4 Å². The van der Waals surface area contributed by atoms with E-state index < -0.39 is 21.9 Å². The van der Waals surface area contributed by atoms with Gasteiger partial charge in [0.15, 0.2) is 0 Å². The third kappa shape index (κ3) is 4.07. The number of carbonyl (C=O) groups is 1. The summed E-state index contributed by atoms with van der Waals surface area (Å²) < 4.78 is 34.8. The molecule has 0 radical (unpaired) electrons. The molecule has 2 aromatic rings. The zero-order chi connectivity index (χ0) is 15.5. The fourth-order valence-electron chi connectivity index (χ4n) is 1.59. The number of carbonyl (C=O) groups excluding carboxylic acids is 1. The molecule has 0 saturated heterocycles. The molecule has 0 unspecified atom stereocenters. The largest absolute Gasteiger partial charge is 0.348 e. The van der Waals surface area contributed by atoms with Crippen LogP contribution in [0.15, 0.2) is 47.5 Å². The normalized spacial score (nSPS) is 11.1. The summed E-state index contributed by atoms with van der Waals surface area (Å²) in [7, 11) is -3.73.